The molecule has 1 aromatic heterocycles. The van der Waals surface area contributed by atoms with Gasteiger partial charge in [0.2, 0.25) is 0 Å². The van der Waals surface area contributed by atoms with Crippen LogP contribution in [0.2, 0.25) is 0 Å². The molecule has 14 heavy (non-hydrogen) atoms. The molecule has 0 atom stereocenters. The van der Waals surface area contributed by atoms with Crippen LogP contribution in [-0.4, -0.2) is 35.4 Å². The Morgan fingerprint density at radius 3 is 2.64 bits per heavy atom. The molecule has 0 amide bonds. The van der Waals surface area contributed by atoms with E-state index in [0.717, 1.165) is 11.4 Å². The van der Waals surface area contributed by atoms with Gasteiger partial charge in [0.15, 0.2) is 0 Å². The Morgan fingerprint density at radius 2 is 2.07 bits per heavy atom. The van der Waals surface area contributed by atoms with Crippen molar-refractivity contribution in [2.24, 2.45) is 0 Å². The standard InChI is InChI=1S/C10H16N2O2/c1-8-5-10(12(2)3-4-13)6-9(7-14)11-8/h5-6,13-14H,3-4,7H2,1-2H3. The molecule has 4 heteroatoms. The van der Waals surface area contributed by atoms with Gasteiger partial charge in [-0.25, -0.2) is 0 Å². The quantitative estimate of drug-likeness (QED) is 0.727. The summed E-state index contributed by atoms with van der Waals surface area (Å²) in [4.78, 5) is 6.08. The molecule has 0 aliphatic rings. The van der Waals surface area contributed by atoms with Gasteiger partial charge in [-0.2, -0.15) is 0 Å². The maximum Gasteiger partial charge on any atom is 0.0853 e. The second kappa shape index (κ2) is 4.93. The van der Waals surface area contributed by atoms with Crippen LogP contribution in [0.5, 0.6) is 0 Å². The fourth-order valence-electron chi connectivity index (χ4n) is 1.30. The van der Waals surface area contributed by atoms with Gasteiger partial charge in [0.1, 0.15) is 0 Å². The van der Waals surface area contributed by atoms with Crippen LogP contribution < -0.4 is 4.90 Å². The summed E-state index contributed by atoms with van der Waals surface area (Å²) < 4.78 is 0. The Balaban J connectivity index is 2.90. The van der Waals surface area contributed by atoms with Crippen molar-refractivity contribution in [1.82, 2.24) is 4.98 Å². The summed E-state index contributed by atoms with van der Waals surface area (Å²) >= 11 is 0. The molecule has 0 bridgehead atoms. The van der Waals surface area contributed by atoms with E-state index in [1.165, 1.54) is 0 Å². The number of aliphatic hydroxyl groups is 2. The van der Waals surface area contributed by atoms with E-state index in [4.69, 9.17) is 10.2 Å². The Hall–Kier alpha value is -1.13. The van der Waals surface area contributed by atoms with Crippen LogP contribution in [0, 0.1) is 6.92 Å². The summed E-state index contributed by atoms with van der Waals surface area (Å²) in [5, 5.41) is 17.8. The number of rotatable bonds is 4. The maximum atomic E-state index is 8.97. The molecular formula is C10H16N2O2. The number of pyridine rings is 1. The first kappa shape index (κ1) is 10.9. The van der Waals surface area contributed by atoms with Crippen molar-refractivity contribution in [3.63, 3.8) is 0 Å². The van der Waals surface area contributed by atoms with Crippen molar-refractivity contribution in [3.05, 3.63) is 23.5 Å². The molecule has 0 aliphatic carbocycles. The van der Waals surface area contributed by atoms with Crippen molar-refractivity contribution in [2.45, 2.75) is 13.5 Å². The summed E-state index contributed by atoms with van der Waals surface area (Å²) in [5.41, 5.74) is 2.50. The molecule has 2 N–H and O–H groups in total. The van der Waals surface area contributed by atoms with E-state index < -0.39 is 0 Å². The summed E-state index contributed by atoms with van der Waals surface area (Å²) in [7, 11) is 1.89. The van der Waals surface area contributed by atoms with Crippen molar-refractivity contribution in [1.29, 1.82) is 0 Å². The highest BCUT2D eigenvalue weighted by atomic mass is 16.3. The third-order valence-corrected chi connectivity index (χ3v) is 2.03. The van der Waals surface area contributed by atoms with Crippen molar-refractivity contribution >= 4 is 5.69 Å². The Kier molecular flexibility index (Phi) is 3.85. The number of likely N-dealkylation sites (N-methyl/N-ethyl adjacent to an activating group) is 1. The van der Waals surface area contributed by atoms with Gasteiger partial charge in [-0.05, 0) is 19.1 Å². The first-order valence-corrected chi connectivity index (χ1v) is 4.57. The Labute approximate surface area is 83.8 Å². The fraction of sp³-hybridized carbons (Fsp3) is 0.500. The Bertz CT molecular complexity index is 302. The minimum atomic E-state index is -0.0539. The van der Waals surface area contributed by atoms with Crippen LogP contribution in [0.15, 0.2) is 12.1 Å². The van der Waals surface area contributed by atoms with Gasteiger partial charge < -0.3 is 15.1 Å². The van der Waals surface area contributed by atoms with Gasteiger partial charge >= 0.3 is 0 Å². The highest BCUT2D eigenvalue weighted by Gasteiger charge is 2.03. The molecule has 0 unspecified atom stereocenters. The van der Waals surface area contributed by atoms with Crippen LogP contribution in [0.1, 0.15) is 11.4 Å². The molecule has 78 valence electrons. The van der Waals surface area contributed by atoms with E-state index in [1.54, 1.807) is 0 Å². The Morgan fingerprint density at radius 1 is 1.36 bits per heavy atom. The lowest BCUT2D eigenvalue weighted by Gasteiger charge is -2.18. The largest absolute Gasteiger partial charge is 0.395 e. The molecule has 1 heterocycles. The number of aromatic nitrogens is 1. The monoisotopic (exact) mass is 196 g/mol. The molecule has 0 aliphatic heterocycles. The van der Waals surface area contributed by atoms with Gasteiger partial charge in [-0.1, -0.05) is 0 Å². The molecule has 4 nitrogen and oxygen atoms in total. The zero-order chi connectivity index (χ0) is 10.6. The normalized spacial score (nSPS) is 10.3. The third-order valence-electron chi connectivity index (χ3n) is 2.03. The third kappa shape index (κ3) is 2.68. The summed E-state index contributed by atoms with van der Waals surface area (Å²) in [5.74, 6) is 0. The predicted molar refractivity (Wildman–Crippen MR) is 55.3 cm³/mol. The summed E-state index contributed by atoms with van der Waals surface area (Å²) in [6, 6.07) is 3.75. The number of aryl methyl sites for hydroxylation is 1. The molecule has 1 rings (SSSR count). The van der Waals surface area contributed by atoms with Crippen LogP contribution in [0.3, 0.4) is 0 Å². The van der Waals surface area contributed by atoms with Gasteiger partial charge in [-0.3, -0.25) is 4.98 Å². The van der Waals surface area contributed by atoms with Crippen molar-refractivity contribution in [2.75, 3.05) is 25.1 Å². The van der Waals surface area contributed by atoms with E-state index in [-0.39, 0.29) is 13.2 Å². The second-order valence-electron chi connectivity index (χ2n) is 3.26. The van der Waals surface area contributed by atoms with Crippen molar-refractivity contribution in [3.8, 4) is 0 Å². The molecule has 1 aromatic rings. The van der Waals surface area contributed by atoms with Crippen LogP contribution >= 0.6 is 0 Å². The van der Waals surface area contributed by atoms with E-state index in [1.807, 2.05) is 31.0 Å². The zero-order valence-corrected chi connectivity index (χ0v) is 8.56. The predicted octanol–water partition coefficient (Wildman–Crippen LogP) is 0.311. The number of anilines is 1. The average molecular weight is 196 g/mol. The minimum absolute atomic E-state index is 0.0539. The van der Waals surface area contributed by atoms with Crippen LogP contribution in [-0.2, 0) is 6.61 Å². The number of nitrogens with zero attached hydrogens (tertiary/aromatic N) is 2. The molecule has 0 saturated carbocycles. The van der Waals surface area contributed by atoms with Crippen molar-refractivity contribution < 1.29 is 10.2 Å². The second-order valence-corrected chi connectivity index (χ2v) is 3.26. The lowest BCUT2D eigenvalue weighted by atomic mass is 10.2. The fourth-order valence-corrected chi connectivity index (χ4v) is 1.30. The first-order valence-electron chi connectivity index (χ1n) is 4.57. The van der Waals surface area contributed by atoms with Gasteiger partial charge in [0, 0.05) is 25.0 Å². The number of aliphatic hydroxyl groups excluding tert-OH is 2. The maximum absolute atomic E-state index is 8.97. The topological polar surface area (TPSA) is 56.6 Å². The van der Waals surface area contributed by atoms with Crippen LogP contribution in [0.25, 0.3) is 0 Å². The average Bonchev–Trinajstić information content (AvgIpc) is 2.17. The van der Waals surface area contributed by atoms with E-state index in [2.05, 4.69) is 4.98 Å². The molecule has 0 aromatic carbocycles. The first-order chi connectivity index (χ1) is 6.67. The summed E-state index contributed by atoms with van der Waals surface area (Å²) in [6.45, 7) is 2.53. The van der Waals surface area contributed by atoms with Crippen LogP contribution in [0.4, 0.5) is 5.69 Å². The number of hydrogen-bond donors (Lipinski definition) is 2. The SMILES string of the molecule is Cc1cc(N(C)CCO)cc(CO)n1. The number of hydrogen-bond acceptors (Lipinski definition) is 4. The highest BCUT2D eigenvalue weighted by Crippen LogP contribution is 2.14. The molecule has 0 spiro atoms. The van der Waals surface area contributed by atoms with E-state index >= 15 is 0 Å². The molecular weight excluding hydrogens is 180 g/mol. The molecule has 0 fully saturated rings. The molecule has 0 radical (unpaired) electrons. The van der Waals surface area contributed by atoms with Gasteiger partial charge in [-0.15, -0.1) is 0 Å². The van der Waals surface area contributed by atoms with Gasteiger partial charge in [0.05, 0.1) is 18.9 Å². The minimum Gasteiger partial charge on any atom is -0.395 e. The highest BCUT2D eigenvalue weighted by molar-refractivity contribution is 5.47. The smallest absolute Gasteiger partial charge is 0.0853 e. The van der Waals surface area contributed by atoms with Gasteiger partial charge in [0.25, 0.3) is 0 Å². The lowest BCUT2D eigenvalue weighted by Crippen LogP contribution is -2.21. The van der Waals surface area contributed by atoms with E-state index in [9.17, 15) is 0 Å². The lowest BCUT2D eigenvalue weighted by molar-refractivity contribution is 0.276. The molecule has 0 saturated heterocycles. The van der Waals surface area contributed by atoms with E-state index in [0.29, 0.717) is 12.2 Å². The zero-order valence-electron chi connectivity index (χ0n) is 8.56. The summed E-state index contributed by atoms with van der Waals surface area (Å²) in [6.07, 6.45) is 0.